The third-order valence-electron chi connectivity index (χ3n) is 1.27. The molecule has 0 aliphatic heterocycles. The van der Waals surface area contributed by atoms with Crippen molar-refractivity contribution in [2.75, 3.05) is 0 Å². The molecule has 0 fully saturated rings. The van der Waals surface area contributed by atoms with Gasteiger partial charge in [-0.1, -0.05) is 0 Å². The summed E-state index contributed by atoms with van der Waals surface area (Å²) in [4.78, 5) is 0. The van der Waals surface area contributed by atoms with Crippen molar-refractivity contribution in [1.29, 1.82) is 0 Å². The van der Waals surface area contributed by atoms with Gasteiger partial charge in [-0.3, -0.25) is 0 Å². The van der Waals surface area contributed by atoms with E-state index < -0.39 is 23.6 Å². The van der Waals surface area contributed by atoms with Crippen molar-refractivity contribution in [3.05, 3.63) is 32.9 Å². The molecule has 5 heteroatoms. The second-order valence-electron chi connectivity index (χ2n) is 2.09. The smallest absolute Gasteiger partial charge is 0.206 e. The standard InChI is InChI=1S/C7H3F4I/c8-4-2-6(12)5(9)1-3(4)7(10)11/h1-2,7H. The minimum Gasteiger partial charge on any atom is -0.206 e. The summed E-state index contributed by atoms with van der Waals surface area (Å²) in [7, 11) is 0. The lowest BCUT2D eigenvalue weighted by atomic mass is 10.2. The van der Waals surface area contributed by atoms with Gasteiger partial charge >= 0.3 is 0 Å². The van der Waals surface area contributed by atoms with Crippen molar-refractivity contribution in [2.24, 2.45) is 0 Å². The van der Waals surface area contributed by atoms with Gasteiger partial charge in [0.2, 0.25) is 0 Å². The van der Waals surface area contributed by atoms with Gasteiger partial charge in [0.1, 0.15) is 11.6 Å². The first kappa shape index (κ1) is 9.76. The average molecular weight is 290 g/mol. The van der Waals surface area contributed by atoms with Crippen LogP contribution in [0.5, 0.6) is 0 Å². The monoisotopic (exact) mass is 290 g/mol. The van der Waals surface area contributed by atoms with Crippen molar-refractivity contribution in [3.8, 4) is 0 Å². The number of rotatable bonds is 1. The zero-order chi connectivity index (χ0) is 9.30. The molecular weight excluding hydrogens is 287 g/mol. The van der Waals surface area contributed by atoms with E-state index in [-0.39, 0.29) is 3.57 Å². The molecule has 0 saturated heterocycles. The van der Waals surface area contributed by atoms with Crippen LogP contribution in [-0.2, 0) is 0 Å². The lowest BCUT2D eigenvalue weighted by molar-refractivity contribution is 0.145. The molecule has 0 heterocycles. The van der Waals surface area contributed by atoms with E-state index in [1.54, 1.807) is 0 Å². The normalized spacial score (nSPS) is 10.8. The van der Waals surface area contributed by atoms with E-state index in [9.17, 15) is 17.6 Å². The van der Waals surface area contributed by atoms with Gasteiger partial charge in [-0.2, -0.15) is 0 Å². The third kappa shape index (κ3) is 1.88. The highest BCUT2D eigenvalue weighted by Gasteiger charge is 2.15. The van der Waals surface area contributed by atoms with Crippen LogP contribution in [0.2, 0.25) is 0 Å². The number of halogens is 5. The van der Waals surface area contributed by atoms with Crippen LogP contribution in [0.4, 0.5) is 17.6 Å². The van der Waals surface area contributed by atoms with Gasteiger partial charge in [-0.15, -0.1) is 0 Å². The third-order valence-corrected chi connectivity index (χ3v) is 2.10. The Morgan fingerprint density at radius 3 is 2.17 bits per heavy atom. The average Bonchev–Trinajstić information content (AvgIpc) is 1.96. The molecule has 0 nitrogen and oxygen atoms in total. The maximum atomic E-state index is 12.6. The fraction of sp³-hybridized carbons (Fsp3) is 0.143. The van der Waals surface area contributed by atoms with Crippen LogP contribution in [0.1, 0.15) is 12.0 Å². The summed E-state index contributed by atoms with van der Waals surface area (Å²) in [6.45, 7) is 0. The van der Waals surface area contributed by atoms with E-state index in [1.165, 1.54) is 22.6 Å². The number of hydrogen-bond acceptors (Lipinski definition) is 0. The Bertz CT molecular complexity index is 298. The van der Waals surface area contributed by atoms with Crippen molar-refractivity contribution in [2.45, 2.75) is 6.43 Å². The van der Waals surface area contributed by atoms with Gasteiger partial charge in [0.25, 0.3) is 6.43 Å². The first-order valence-electron chi connectivity index (χ1n) is 2.95. The fourth-order valence-corrected chi connectivity index (χ4v) is 1.13. The van der Waals surface area contributed by atoms with Crippen LogP contribution in [0.15, 0.2) is 12.1 Å². The Morgan fingerprint density at radius 1 is 1.08 bits per heavy atom. The molecule has 0 saturated carbocycles. The Kier molecular flexibility index (Phi) is 2.92. The van der Waals surface area contributed by atoms with Gasteiger partial charge in [-0.25, -0.2) is 17.6 Å². The predicted octanol–water partition coefficient (Wildman–Crippen LogP) is 3.51. The van der Waals surface area contributed by atoms with Crippen molar-refractivity contribution < 1.29 is 17.6 Å². The van der Waals surface area contributed by atoms with E-state index in [0.29, 0.717) is 6.07 Å². The SMILES string of the molecule is Fc1cc(C(F)F)c(F)cc1I. The van der Waals surface area contributed by atoms with E-state index >= 15 is 0 Å². The molecule has 0 amide bonds. The van der Waals surface area contributed by atoms with Crippen molar-refractivity contribution >= 4 is 22.6 Å². The molecule has 0 aromatic heterocycles. The van der Waals surface area contributed by atoms with Crippen LogP contribution < -0.4 is 0 Å². The highest BCUT2D eigenvalue weighted by molar-refractivity contribution is 14.1. The van der Waals surface area contributed by atoms with Crippen molar-refractivity contribution in [3.63, 3.8) is 0 Å². The number of hydrogen-bond donors (Lipinski definition) is 0. The summed E-state index contributed by atoms with van der Waals surface area (Å²) in [6, 6.07) is 1.26. The molecular formula is C7H3F4I. The molecule has 0 spiro atoms. The predicted molar refractivity (Wildman–Crippen MR) is 44.0 cm³/mol. The Morgan fingerprint density at radius 2 is 1.67 bits per heavy atom. The van der Waals surface area contributed by atoms with E-state index in [0.717, 1.165) is 6.07 Å². The summed E-state index contributed by atoms with van der Waals surface area (Å²) in [6.07, 6.45) is -2.98. The van der Waals surface area contributed by atoms with Crippen LogP contribution in [-0.4, -0.2) is 0 Å². The zero-order valence-electron chi connectivity index (χ0n) is 5.62. The van der Waals surface area contributed by atoms with Gasteiger partial charge in [0.15, 0.2) is 0 Å². The molecule has 0 unspecified atom stereocenters. The van der Waals surface area contributed by atoms with Gasteiger partial charge in [-0.05, 0) is 34.7 Å². The Labute approximate surface area is 79.7 Å². The molecule has 0 aliphatic rings. The topological polar surface area (TPSA) is 0 Å². The van der Waals surface area contributed by atoms with E-state index in [4.69, 9.17) is 0 Å². The van der Waals surface area contributed by atoms with Gasteiger partial charge in [0.05, 0.1) is 9.13 Å². The largest absolute Gasteiger partial charge is 0.266 e. The molecule has 66 valence electrons. The second-order valence-corrected chi connectivity index (χ2v) is 3.25. The molecule has 1 rings (SSSR count). The van der Waals surface area contributed by atoms with Crippen LogP contribution in [0.25, 0.3) is 0 Å². The lowest BCUT2D eigenvalue weighted by Crippen LogP contribution is -1.94. The maximum Gasteiger partial charge on any atom is 0.266 e. The summed E-state index contributed by atoms with van der Waals surface area (Å²) >= 11 is 1.53. The minimum atomic E-state index is -2.98. The van der Waals surface area contributed by atoms with E-state index in [2.05, 4.69) is 0 Å². The second kappa shape index (κ2) is 3.59. The highest BCUT2D eigenvalue weighted by atomic mass is 127. The molecule has 0 radical (unpaired) electrons. The first-order chi connectivity index (χ1) is 5.52. The molecule has 0 N–H and O–H groups in total. The van der Waals surface area contributed by atoms with Gasteiger partial charge in [0, 0.05) is 0 Å². The Hall–Kier alpha value is -0.330. The molecule has 1 aromatic carbocycles. The lowest BCUT2D eigenvalue weighted by Gasteiger charge is -2.02. The molecule has 12 heavy (non-hydrogen) atoms. The highest BCUT2D eigenvalue weighted by Crippen LogP contribution is 2.25. The number of benzene rings is 1. The first-order valence-corrected chi connectivity index (χ1v) is 4.03. The molecule has 0 aliphatic carbocycles. The maximum absolute atomic E-state index is 12.6. The summed E-state index contributed by atoms with van der Waals surface area (Å²) in [5.74, 6) is -1.90. The molecule has 1 aromatic rings. The summed E-state index contributed by atoms with van der Waals surface area (Å²) < 4.78 is 49.1. The van der Waals surface area contributed by atoms with E-state index in [1.807, 2.05) is 0 Å². The van der Waals surface area contributed by atoms with Crippen molar-refractivity contribution in [1.82, 2.24) is 0 Å². The fourth-order valence-electron chi connectivity index (χ4n) is 0.705. The van der Waals surface area contributed by atoms with Crippen LogP contribution in [0.3, 0.4) is 0 Å². The molecule has 0 atom stereocenters. The van der Waals surface area contributed by atoms with Crippen LogP contribution in [0, 0.1) is 15.2 Å². The van der Waals surface area contributed by atoms with Gasteiger partial charge < -0.3 is 0 Å². The minimum absolute atomic E-state index is 0.00509. The molecule has 0 bridgehead atoms. The summed E-state index contributed by atoms with van der Waals surface area (Å²) in [5.41, 5.74) is -0.895. The summed E-state index contributed by atoms with van der Waals surface area (Å²) in [5, 5.41) is 0. The van der Waals surface area contributed by atoms with Crippen LogP contribution >= 0.6 is 22.6 Å². The number of alkyl halides is 2. The Balaban J connectivity index is 3.23. The zero-order valence-corrected chi connectivity index (χ0v) is 7.78. The quantitative estimate of drug-likeness (QED) is 0.422.